The summed E-state index contributed by atoms with van der Waals surface area (Å²) < 4.78 is 0. The first-order valence-electron chi connectivity index (χ1n) is 8.00. The molecule has 1 aliphatic heterocycles. The van der Waals surface area contributed by atoms with Gasteiger partial charge < -0.3 is 15.6 Å². The average Bonchev–Trinajstić information content (AvgIpc) is 3.07. The lowest BCUT2D eigenvalue weighted by atomic mass is 10.1. The van der Waals surface area contributed by atoms with Gasteiger partial charge in [0.15, 0.2) is 0 Å². The van der Waals surface area contributed by atoms with Crippen molar-refractivity contribution in [3.05, 3.63) is 61.7 Å². The van der Waals surface area contributed by atoms with Crippen LogP contribution in [0.3, 0.4) is 0 Å². The van der Waals surface area contributed by atoms with Crippen molar-refractivity contribution in [2.75, 3.05) is 19.6 Å². The maximum atomic E-state index is 12.5. The Morgan fingerprint density at radius 2 is 2.08 bits per heavy atom. The lowest BCUT2D eigenvalue weighted by Crippen LogP contribution is -2.34. The van der Waals surface area contributed by atoms with Crippen LogP contribution in [0.5, 0.6) is 0 Å². The van der Waals surface area contributed by atoms with Crippen LogP contribution in [-0.2, 0) is 6.42 Å². The number of H-pyrrole nitrogens is 1. The van der Waals surface area contributed by atoms with Crippen LogP contribution in [0.1, 0.15) is 28.2 Å². The van der Waals surface area contributed by atoms with E-state index in [0.29, 0.717) is 41.1 Å². The van der Waals surface area contributed by atoms with Crippen molar-refractivity contribution >= 4 is 29.1 Å². The van der Waals surface area contributed by atoms with E-state index in [4.69, 9.17) is 28.9 Å². The molecule has 1 aliphatic rings. The number of likely N-dealkylation sites (tertiary alicyclic amines) is 1. The van der Waals surface area contributed by atoms with Crippen molar-refractivity contribution in [2.24, 2.45) is 11.7 Å². The Labute approximate surface area is 155 Å². The first kappa shape index (κ1) is 17.9. The summed E-state index contributed by atoms with van der Waals surface area (Å²) in [5.41, 5.74) is 5.89. The molecular formula is C17H18Cl2N4O2. The molecule has 2 aromatic rings. The summed E-state index contributed by atoms with van der Waals surface area (Å²) in [6.07, 6.45) is 2.45. The molecule has 3 rings (SSSR count). The largest absolute Gasteiger partial charge is 0.338 e. The Balaban J connectivity index is 1.80. The number of carbonyl (C=O) groups excluding carboxylic acids is 1. The molecule has 1 fully saturated rings. The Kier molecular flexibility index (Phi) is 5.42. The van der Waals surface area contributed by atoms with Crippen LogP contribution in [0.4, 0.5) is 0 Å². The molecule has 0 aliphatic carbocycles. The average molecular weight is 381 g/mol. The Morgan fingerprint density at radius 1 is 1.36 bits per heavy atom. The van der Waals surface area contributed by atoms with Crippen LogP contribution in [0.15, 0.2) is 29.2 Å². The van der Waals surface area contributed by atoms with Gasteiger partial charge in [0.1, 0.15) is 11.4 Å². The monoisotopic (exact) mass is 380 g/mol. The molecule has 1 saturated heterocycles. The molecule has 0 radical (unpaired) electrons. The SMILES string of the molecule is NC[C@H]1CCN(C(=O)c2cnc(Cc3c(Cl)cccc3Cl)[nH]c2=O)C1. The second kappa shape index (κ2) is 7.56. The molecule has 1 amide bonds. The van der Waals surface area contributed by atoms with Gasteiger partial charge in [-0.2, -0.15) is 0 Å². The van der Waals surface area contributed by atoms with Crippen molar-refractivity contribution < 1.29 is 4.79 Å². The predicted octanol–water partition coefficient (Wildman–Crippen LogP) is 2.09. The van der Waals surface area contributed by atoms with Gasteiger partial charge in [-0.25, -0.2) is 4.98 Å². The molecule has 3 N–H and O–H groups in total. The van der Waals surface area contributed by atoms with Gasteiger partial charge in [-0.1, -0.05) is 29.3 Å². The van der Waals surface area contributed by atoms with E-state index >= 15 is 0 Å². The number of rotatable bonds is 4. The number of benzene rings is 1. The molecule has 25 heavy (non-hydrogen) atoms. The summed E-state index contributed by atoms with van der Waals surface area (Å²) >= 11 is 12.3. The third-order valence-corrected chi connectivity index (χ3v) is 5.10. The third-order valence-electron chi connectivity index (χ3n) is 4.39. The van der Waals surface area contributed by atoms with E-state index in [0.717, 1.165) is 6.42 Å². The van der Waals surface area contributed by atoms with E-state index in [2.05, 4.69) is 9.97 Å². The highest BCUT2D eigenvalue weighted by atomic mass is 35.5. The fourth-order valence-electron chi connectivity index (χ4n) is 2.92. The van der Waals surface area contributed by atoms with Crippen molar-refractivity contribution in [3.8, 4) is 0 Å². The topological polar surface area (TPSA) is 92.1 Å². The molecule has 0 unspecified atom stereocenters. The van der Waals surface area contributed by atoms with Crippen molar-refractivity contribution in [2.45, 2.75) is 12.8 Å². The fourth-order valence-corrected chi connectivity index (χ4v) is 3.45. The summed E-state index contributed by atoms with van der Waals surface area (Å²) in [6, 6.07) is 5.19. The van der Waals surface area contributed by atoms with Gasteiger partial charge in [-0.05, 0) is 36.6 Å². The van der Waals surface area contributed by atoms with Gasteiger partial charge in [0.05, 0.1) is 0 Å². The number of aromatic amines is 1. The van der Waals surface area contributed by atoms with Crippen LogP contribution >= 0.6 is 23.2 Å². The molecule has 0 spiro atoms. The highest BCUT2D eigenvalue weighted by Crippen LogP contribution is 2.25. The van der Waals surface area contributed by atoms with Gasteiger partial charge in [-0.15, -0.1) is 0 Å². The van der Waals surface area contributed by atoms with E-state index in [1.54, 1.807) is 23.1 Å². The third kappa shape index (κ3) is 3.86. The van der Waals surface area contributed by atoms with Gasteiger partial charge in [-0.3, -0.25) is 9.59 Å². The molecule has 2 heterocycles. The number of carbonyl (C=O) groups is 1. The van der Waals surface area contributed by atoms with Gasteiger partial charge in [0.2, 0.25) is 0 Å². The lowest BCUT2D eigenvalue weighted by molar-refractivity contribution is 0.0785. The summed E-state index contributed by atoms with van der Waals surface area (Å²) in [6.45, 7) is 1.72. The van der Waals surface area contributed by atoms with Crippen molar-refractivity contribution in [1.29, 1.82) is 0 Å². The zero-order valence-electron chi connectivity index (χ0n) is 13.5. The molecule has 0 saturated carbocycles. The normalized spacial score (nSPS) is 17.1. The maximum absolute atomic E-state index is 12.5. The number of nitrogens with zero attached hydrogens (tertiary/aromatic N) is 2. The molecule has 1 atom stereocenters. The second-order valence-electron chi connectivity index (χ2n) is 6.09. The standard InChI is InChI=1S/C17H18Cl2N4O2/c18-13-2-1-3-14(19)11(13)6-15-21-8-12(16(24)22-15)17(25)23-5-4-10(7-20)9-23/h1-3,8,10H,4-7,9,20H2,(H,21,22,24)/t10-/m1/s1. The van der Waals surface area contributed by atoms with E-state index in [9.17, 15) is 9.59 Å². The minimum absolute atomic E-state index is 0.0340. The van der Waals surface area contributed by atoms with Gasteiger partial charge >= 0.3 is 0 Å². The molecular weight excluding hydrogens is 363 g/mol. The number of amides is 1. The number of nitrogens with two attached hydrogens (primary N) is 1. The Bertz CT molecular complexity index is 833. The predicted molar refractivity (Wildman–Crippen MR) is 97.2 cm³/mol. The summed E-state index contributed by atoms with van der Waals surface area (Å²) in [7, 11) is 0. The van der Waals surface area contributed by atoms with E-state index in [-0.39, 0.29) is 23.8 Å². The number of nitrogens with one attached hydrogen (secondary N) is 1. The van der Waals surface area contributed by atoms with E-state index in [1.165, 1.54) is 6.20 Å². The van der Waals surface area contributed by atoms with Crippen molar-refractivity contribution in [3.63, 3.8) is 0 Å². The van der Waals surface area contributed by atoms with Crippen LogP contribution in [0.2, 0.25) is 10.0 Å². The summed E-state index contributed by atoms with van der Waals surface area (Å²) in [4.78, 5) is 33.3. The molecule has 8 heteroatoms. The molecule has 132 valence electrons. The van der Waals surface area contributed by atoms with Crippen LogP contribution in [0.25, 0.3) is 0 Å². The first-order chi connectivity index (χ1) is 12.0. The quantitative estimate of drug-likeness (QED) is 0.848. The van der Waals surface area contributed by atoms with Crippen LogP contribution in [-0.4, -0.2) is 40.4 Å². The highest BCUT2D eigenvalue weighted by Gasteiger charge is 2.27. The fraction of sp³-hybridized carbons (Fsp3) is 0.353. The van der Waals surface area contributed by atoms with Gasteiger partial charge in [0.25, 0.3) is 11.5 Å². The number of halogens is 2. The van der Waals surface area contributed by atoms with E-state index in [1.807, 2.05) is 0 Å². The maximum Gasteiger partial charge on any atom is 0.263 e. The van der Waals surface area contributed by atoms with Gasteiger partial charge in [0, 0.05) is 35.8 Å². The van der Waals surface area contributed by atoms with Crippen LogP contribution in [0, 0.1) is 5.92 Å². The smallest absolute Gasteiger partial charge is 0.263 e. The summed E-state index contributed by atoms with van der Waals surface area (Å²) in [5.74, 6) is 0.377. The molecule has 6 nitrogen and oxygen atoms in total. The Morgan fingerprint density at radius 3 is 2.68 bits per heavy atom. The minimum atomic E-state index is -0.464. The molecule has 0 bridgehead atoms. The zero-order chi connectivity index (χ0) is 18.0. The Hall–Kier alpha value is -1.89. The number of hydrogen-bond donors (Lipinski definition) is 2. The second-order valence-corrected chi connectivity index (χ2v) is 6.91. The minimum Gasteiger partial charge on any atom is -0.338 e. The number of aromatic nitrogens is 2. The molecule has 1 aromatic heterocycles. The first-order valence-corrected chi connectivity index (χ1v) is 8.75. The van der Waals surface area contributed by atoms with E-state index < -0.39 is 5.56 Å². The zero-order valence-corrected chi connectivity index (χ0v) is 15.0. The van der Waals surface area contributed by atoms with Crippen LogP contribution < -0.4 is 11.3 Å². The summed E-state index contributed by atoms with van der Waals surface area (Å²) in [5, 5.41) is 1.00. The highest BCUT2D eigenvalue weighted by molar-refractivity contribution is 6.36. The lowest BCUT2D eigenvalue weighted by Gasteiger charge is -2.15. The molecule has 1 aromatic carbocycles. The number of hydrogen-bond acceptors (Lipinski definition) is 4. The van der Waals surface area contributed by atoms with Crippen molar-refractivity contribution in [1.82, 2.24) is 14.9 Å².